The fourth-order valence-corrected chi connectivity index (χ4v) is 3.77. The average Bonchev–Trinajstić information content (AvgIpc) is 2.85. The lowest BCUT2D eigenvalue weighted by atomic mass is 10.0. The first-order valence-electron chi connectivity index (χ1n) is 11.1. The van der Waals surface area contributed by atoms with Gasteiger partial charge in [-0.05, 0) is 53.6 Å². The Labute approximate surface area is 198 Å². The van der Waals surface area contributed by atoms with Gasteiger partial charge < -0.3 is 25.8 Å². The number of morpholine rings is 1. The number of ether oxygens (including phenoxy) is 2. The van der Waals surface area contributed by atoms with Gasteiger partial charge in [-0.3, -0.25) is 14.5 Å². The maximum absolute atomic E-state index is 12.8. The predicted octanol–water partition coefficient (Wildman–Crippen LogP) is 3.47. The molecule has 1 saturated heterocycles. The van der Waals surface area contributed by atoms with E-state index in [9.17, 15) is 9.59 Å². The van der Waals surface area contributed by atoms with E-state index in [0.717, 1.165) is 24.2 Å². The number of nitrogens with one attached hydrogen (secondary N) is 2. The molecule has 4 N–H and O–H groups in total. The van der Waals surface area contributed by atoms with Crippen LogP contribution in [-0.4, -0.2) is 56.7 Å². The number of nitrogens with zero attached hydrogens (tertiary/aromatic N) is 1. The molecule has 1 heterocycles. The van der Waals surface area contributed by atoms with Gasteiger partial charge in [-0.1, -0.05) is 24.3 Å². The van der Waals surface area contributed by atoms with E-state index >= 15 is 0 Å². The van der Waals surface area contributed by atoms with E-state index in [0.29, 0.717) is 41.6 Å². The van der Waals surface area contributed by atoms with Gasteiger partial charge in [0.1, 0.15) is 5.75 Å². The van der Waals surface area contributed by atoms with Gasteiger partial charge in [0.2, 0.25) is 5.91 Å². The van der Waals surface area contributed by atoms with Gasteiger partial charge >= 0.3 is 0 Å². The van der Waals surface area contributed by atoms with E-state index in [1.165, 1.54) is 7.11 Å². The SMILES string of the molecule is COc1ccc(NC(=O)c2ccc(-c3cccc(N)c3)cc2)cc1NC(=O)CN1CCOCC1. The summed E-state index contributed by atoms with van der Waals surface area (Å²) >= 11 is 0. The highest BCUT2D eigenvalue weighted by Crippen LogP contribution is 2.28. The molecular formula is C26H28N4O4. The van der Waals surface area contributed by atoms with E-state index in [2.05, 4.69) is 10.6 Å². The second kappa shape index (κ2) is 10.8. The van der Waals surface area contributed by atoms with Crippen LogP contribution in [0.1, 0.15) is 10.4 Å². The summed E-state index contributed by atoms with van der Waals surface area (Å²) in [6.07, 6.45) is 0. The highest BCUT2D eigenvalue weighted by Gasteiger charge is 2.16. The minimum absolute atomic E-state index is 0.152. The molecule has 0 unspecified atom stereocenters. The van der Waals surface area contributed by atoms with Crippen molar-refractivity contribution < 1.29 is 19.1 Å². The molecule has 3 aromatic rings. The van der Waals surface area contributed by atoms with Crippen molar-refractivity contribution in [2.45, 2.75) is 0 Å². The van der Waals surface area contributed by atoms with E-state index < -0.39 is 0 Å². The monoisotopic (exact) mass is 460 g/mol. The van der Waals surface area contributed by atoms with Crippen LogP contribution in [0.25, 0.3) is 11.1 Å². The topological polar surface area (TPSA) is 106 Å². The van der Waals surface area contributed by atoms with Crippen LogP contribution in [0.3, 0.4) is 0 Å². The molecule has 8 nitrogen and oxygen atoms in total. The Kier molecular flexibility index (Phi) is 7.41. The molecule has 1 fully saturated rings. The normalized spacial score (nSPS) is 13.8. The molecule has 0 radical (unpaired) electrons. The van der Waals surface area contributed by atoms with Crippen molar-refractivity contribution in [1.29, 1.82) is 0 Å². The summed E-state index contributed by atoms with van der Waals surface area (Å²) in [6, 6.07) is 20.0. The van der Waals surface area contributed by atoms with Crippen LogP contribution in [0, 0.1) is 0 Å². The summed E-state index contributed by atoms with van der Waals surface area (Å²) < 4.78 is 10.7. The molecular weight excluding hydrogens is 432 g/mol. The van der Waals surface area contributed by atoms with Gasteiger partial charge in [0, 0.05) is 30.0 Å². The van der Waals surface area contributed by atoms with Crippen LogP contribution in [0.15, 0.2) is 66.7 Å². The van der Waals surface area contributed by atoms with Gasteiger partial charge in [0.15, 0.2) is 0 Å². The number of anilines is 3. The van der Waals surface area contributed by atoms with Crippen molar-refractivity contribution in [2.24, 2.45) is 0 Å². The molecule has 34 heavy (non-hydrogen) atoms. The Hall–Kier alpha value is -3.88. The molecule has 0 saturated carbocycles. The number of nitrogen functional groups attached to an aromatic ring is 1. The minimum atomic E-state index is -0.255. The standard InChI is InChI=1S/C26H28N4O4/c1-33-24-10-9-22(16-23(24)29-25(31)17-30-11-13-34-14-12-30)28-26(32)19-7-5-18(6-8-19)20-3-2-4-21(27)15-20/h2-10,15-16H,11-14,17,27H2,1H3,(H,28,32)(H,29,31). The molecule has 3 aromatic carbocycles. The van der Waals surface area contributed by atoms with Crippen LogP contribution < -0.4 is 21.1 Å². The number of hydrogen-bond acceptors (Lipinski definition) is 6. The van der Waals surface area contributed by atoms with Crippen LogP contribution in [0.4, 0.5) is 17.1 Å². The van der Waals surface area contributed by atoms with Crippen LogP contribution >= 0.6 is 0 Å². The van der Waals surface area contributed by atoms with Crippen molar-refractivity contribution in [2.75, 3.05) is 56.3 Å². The zero-order valence-electron chi connectivity index (χ0n) is 19.0. The Bertz CT molecular complexity index is 1160. The average molecular weight is 461 g/mol. The van der Waals surface area contributed by atoms with Crippen molar-refractivity contribution in [3.8, 4) is 16.9 Å². The van der Waals surface area contributed by atoms with Gasteiger partial charge in [-0.15, -0.1) is 0 Å². The fourth-order valence-electron chi connectivity index (χ4n) is 3.77. The number of methoxy groups -OCH3 is 1. The largest absolute Gasteiger partial charge is 0.495 e. The van der Waals surface area contributed by atoms with Crippen molar-refractivity contribution >= 4 is 28.9 Å². The number of hydrogen-bond donors (Lipinski definition) is 3. The van der Waals surface area contributed by atoms with Gasteiger partial charge in [0.05, 0.1) is 32.6 Å². The van der Waals surface area contributed by atoms with Gasteiger partial charge in [0.25, 0.3) is 5.91 Å². The Morgan fingerprint density at radius 2 is 1.74 bits per heavy atom. The number of carbonyl (C=O) groups is 2. The van der Waals surface area contributed by atoms with E-state index in [-0.39, 0.29) is 18.4 Å². The summed E-state index contributed by atoms with van der Waals surface area (Å²) in [7, 11) is 1.53. The maximum atomic E-state index is 12.8. The Morgan fingerprint density at radius 1 is 0.971 bits per heavy atom. The molecule has 0 atom stereocenters. The summed E-state index contributed by atoms with van der Waals surface area (Å²) in [4.78, 5) is 27.4. The highest BCUT2D eigenvalue weighted by molar-refractivity contribution is 6.05. The zero-order chi connectivity index (χ0) is 23.9. The maximum Gasteiger partial charge on any atom is 0.255 e. The molecule has 1 aliphatic heterocycles. The summed E-state index contributed by atoms with van der Waals surface area (Å²) in [5.74, 6) is 0.107. The van der Waals surface area contributed by atoms with Crippen LogP contribution in [0.5, 0.6) is 5.75 Å². The summed E-state index contributed by atoms with van der Waals surface area (Å²) in [6.45, 7) is 2.95. The lowest BCUT2D eigenvalue weighted by Crippen LogP contribution is -2.41. The van der Waals surface area contributed by atoms with Crippen molar-refractivity contribution in [1.82, 2.24) is 4.90 Å². The van der Waals surface area contributed by atoms with E-state index in [1.807, 2.05) is 41.3 Å². The number of nitrogens with two attached hydrogens (primary N) is 1. The predicted molar refractivity (Wildman–Crippen MR) is 133 cm³/mol. The Balaban J connectivity index is 1.42. The second-order valence-electron chi connectivity index (χ2n) is 8.01. The van der Waals surface area contributed by atoms with Crippen molar-refractivity contribution in [3.63, 3.8) is 0 Å². The molecule has 2 amide bonds. The number of amides is 2. The molecule has 0 bridgehead atoms. The lowest BCUT2D eigenvalue weighted by Gasteiger charge is -2.26. The first-order valence-corrected chi connectivity index (χ1v) is 11.1. The molecule has 176 valence electrons. The highest BCUT2D eigenvalue weighted by atomic mass is 16.5. The molecule has 8 heteroatoms. The molecule has 0 aliphatic carbocycles. The number of rotatable bonds is 7. The summed E-state index contributed by atoms with van der Waals surface area (Å²) in [5, 5.41) is 5.76. The molecule has 1 aliphatic rings. The molecule has 4 rings (SSSR count). The second-order valence-corrected chi connectivity index (χ2v) is 8.01. The lowest BCUT2D eigenvalue weighted by molar-refractivity contribution is -0.118. The van der Waals surface area contributed by atoms with Crippen LogP contribution in [-0.2, 0) is 9.53 Å². The number of carbonyl (C=O) groups excluding carboxylic acids is 2. The van der Waals surface area contributed by atoms with Crippen molar-refractivity contribution in [3.05, 3.63) is 72.3 Å². The van der Waals surface area contributed by atoms with E-state index in [4.69, 9.17) is 15.2 Å². The molecule has 0 aromatic heterocycles. The van der Waals surface area contributed by atoms with Crippen LogP contribution in [0.2, 0.25) is 0 Å². The summed E-state index contributed by atoms with van der Waals surface area (Å²) in [5.41, 5.74) is 10.1. The third-order valence-corrected chi connectivity index (χ3v) is 5.57. The van der Waals surface area contributed by atoms with E-state index in [1.54, 1.807) is 30.3 Å². The molecule has 0 spiro atoms. The van der Waals surface area contributed by atoms with Gasteiger partial charge in [-0.25, -0.2) is 0 Å². The first kappa shape index (κ1) is 23.3. The first-order chi connectivity index (χ1) is 16.5. The smallest absolute Gasteiger partial charge is 0.255 e. The quantitative estimate of drug-likeness (QED) is 0.466. The Morgan fingerprint density at radius 3 is 2.44 bits per heavy atom. The fraction of sp³-hybridized carbons (Fsp3) is 0.231. The van der Waals surface area contributed by atoms with Gasteiger partial charge in [-0.2, -0.15) is 0 Å². The zero-order valence-corrected chi connectivity index (χ0v) is 19.0. The number of benzene rings is 3. The minimum Gasteiger partial charge on any atom is -0.495 e. The third kappa shape index (κ3) is 5.92. The third-order valence-electron chi connectivity index (χ3n) is 5.57.